The first kappa shape index (κ1) is 17.7. The number of rotatable bonds is 5. The molecule has 3 heterocycles. The third-order valence-electron chi connectivity index (χ3n) is 4.80. The van der Waals surface area contributed by atoms with Gasteiger partial charge in [0.15, 0.2) is 0 Å². The SMILES string of the molecule is CCOc1ccc(-c2csc3ncn(CC(=O)N4CCCC4)c(=O)c23)cc1. The van der Waals surface area contributed by atoms with Gasteiger partial charge in [0, 0.05) is 24.0 Å². The standard InChI is InChI=1S/C20H21N3O3S/c1-2-26-15-7-5-14(6-8-15)16-12-27-19-18(16)20(25)23(13-21-19)11-17(24)22-9-3-4-10-22/h5-8,12-13H,2-4,9-11H2,1H3. The monoisotopic (exact) mass is 383 g/mol. The first-order chi connectivity index (χ1) is 13.2. The van der Waals surface area contributed by atoms with Crippen LogP contribution in [-0.2, 0) is 11.3 Å². The lowest BCUT2D eigenvalue weighted by molar-refractivity contribution is -0.130. The molecular formula is C20H21N3O3S. The summed E-state index contributed by atoms with van der Waals surface area (Å²) in [4.78, 5) is 32.4. The number of thiophene rings is 1. The zero-order chi connectivity index (χ0) is 18.8. The molecule has 0 N–H and O–H groups in total. The minimum atomic E-state index is -0.169. The third-order valence-corrected chi connectivity index (χ3v) is 5.69. The third kappa shape index (κ3) is 3.47. The summed E-state index contributed by atoms with van der Waals surface area (Å²) in [6, 6.07) is 7.68. The van der Waals surface area contributed by atoms with Crippen molar-refractivity contribution >= 4 is 27.5 Å². The molecule has 1 saturated heterocycles. The minimum Gasteiger partial charge on any atom is -0.494 e. The summed E-state index contributed by atoms with van der Waals surface area (Å²) in [6.07, 6.45) is 3.55. The van der Waals surface area contributed by atoms with E-state index in [4.69, 9.17) is 4.74 Å². The number of fused-ring (bicyclic) bond motifs is 1. The molecular weight excluding hydrogens is 362 g/mol. The van der Waals surface area contributed by atoms with E-state index in [0.29, 0.717) is 16.8 Å². The van der Waals surface area contributed by atoms with E-state index in [1.54, 1.807) is 0 Å². The maximum absolute atomic E-state index is 13.0. The number of carbonyl (C=O) groups excluding carboxylic acids is 1. The second-order valence-corrected chi connectivity index (χ2v) is 7.41. The Morgan fingerprint density at radius 1 is 1.22 bits per heavy atom. The molecule has 1 aliphatic rings. The van der Waals surface area contributed by atoms with Crippen molar-refractivity contribution in [2.75, 3.05) is 19.7 Å². The van der Waals surface area contributed by atoms with E-state index in [2.05, 4.69) is 4.98 Å². The van der Waals surface area contributed by atoms with Gasteiger partial charge in [-0.05, 0) is 37.5 Å². The first-order valence-corrected chi connectivity index (χ1v) is 10.0. The van der Waals surface area contributed by atoms with Crippen molar-refractivity contribution < 1.29 is 9.53 Å². The van der Waals surface area contributed by atoms with Gasteiger partial charge in [-0.15, -0.1) is 11.3 Å². The lowest BCUT2D eigenvalue weighted by atomic mass is 10.1. The Morgan fingerprint density at radius 3 is 2.67 bits per heavy atom. The van der Waals surface area contributed by atoms with Crippen LogP contribution in [0, 0.1) is 0 Å². The van der Waals surface area contributed by atoms with Gasteiger partial charge in [-0.3, -0.25) is 14.2 Å². The zero-order valence-electron chi connectivity index (χ0n) is 15.2. The van der Waals surface area contributed by atoms with Crippen molar-refractivity contribution in [2.45, 2.75) is 26.3 Å². The molecule has 2 aromatic heterocycles. The highest BCUT2D eigenvalue weighted by molar-refractivity contribution is 7.17. The quantitative estimate of drug-likeness (QED) is 0.679. The number of amides is 1. The number of ether oxygens (including phenoxy) is 1. The Hall–Kier alpha value is -2.67. The number of likely N-dealkylation sites (tertiary alicyclic amines) is 1. The molecule has 4 rings (SSSR count). The van der Waals surface area contributed by atoms with Crippen molar-refractivity contribution in [1.82, 2.24) is 14.5 Å². The molecule has 27 heavy (non-hydrogen) atoms. The number of aromatic nitrogens is 2. The van der Waals surface area contributed by atoms with E-state index >= 15 is 0 Å². The van der Waals surface area contributed by atoms with Gasteiger partial charge in [-0.25, -0.2) is 4.98 Å². The van der Waals surface area contributed by atoms with E-state index < -0.39 is 0 Å². The van der Waals surface area contributed by atoms with E-state index in [0.717, 1.165) is 42.8 Å². The molecule has 0 saturated carbocycles. The molecule has 1 aliphatic heterocycles. The fraction of sp³-hybridized carbons (Fsp3) is 0.350. The van der Waals surface area contributed by atoms with Gasteiger partial charge in [0.05, 0.1) is 18.3 Å². The topological polar surface area (TPSA) is 64.4 Å². The summed E-state index contributed by atoms with van der Waals surface area (Å²) in [5.41, 5.74) is 1.61. The molecule has 6 nitrogen and oxygen atoms in total. The summed E-state index contributed by atoms with van der Waals surface area (Å²) >= 11 is 1.44. The average molecular weight is 383 g/mol. The lowest BCUT2D eigenvalue weighted by Crippen LogP contribution is -2.34. The largest absolute Gasteiger partial charge is 0.494 e. The highest BCUT2D eigenvalue weighted by Crippen LogP contribution is 2.31. The fourth-order valence-corrected chi connectivity index (χ4v) is 4.31. The highest BCUT2D eigenvalue weighted by atomic mass is 32.1. The van der Waals surface area contributed by atoms with E-state index in [9.17, 15) is 9.59 Å². The summed E-state index contributed by atoms with van der Waals surface area (Å²) in [7, 11) is 0. The average Bonchev–Trinajstić information content (AvgIpc) is 3.35. The minimum absolute atomic E-state index is 0.0198. The molecule has 1 amide bonds. The van der Waals surface area contributed by atoms with Crippen LogP contribution in [0.15, 0.2) is 40.8 Å². The van der Waals surface area contributed by atoms with Crippen LogP contribution in [0.1, 0.15) is 19.8 Å². The van der Waals surface area contributed by atoms with Gasteiger partial charge in [0.1, 0.15) is 17.1 Å². The van der Waals surface area contributed by atoms with Crippen molar-refractivity contribution in [3.8, 4) is 16.9 Å². The lowest BCUT2D eigenvalue weighted by Gasteiger charge is -2.15. The Morgan fingerprint density at radius 2 is 1.96 bits per heavy atom. The van der Waals surface area contributed by atoms with Gasteiger partial charge in [-0.2, -0.15) is 0 Å². The van der Waals surface area contributed by atoms with Crippen LogP contribution in [0.2, 0.25) is 0 Å². The van der Waals surface area contributed by atoms with Gasteiger partial charge >= 0.3 is 0 Å². The predicted molar refractivity (Wildman–Crippen MR) is 106 cm³/mol. The molecule has 0 aliphatic carbocycles. The van der Waals surface area contributed by atoms with Gasteiger partial charge < -0.3 is 9.64 Å². The fourth-order valence-electron chi connectivity index (χ4n) is 3.40. The maximum Gasteiger partial charge on any atom is 0.263 e. The second-order valence-electron chi connectivity index (χ2n) is 6.55. The molecule has 3 aromatic rings. The number of hydrogen-bond acceptors (Lipinski definition) is 5. The summed E-state index contributed by atoms with van der Waals surface area (Å²) < 4.78 is 6.91. The van der Waals surface area contributed by atoms with Gasteiger partial charge in [0.25, 0.3) is 5.56 Å². The zero-order valence-corrected chi connectivity index (χ0v) is 16.0. The molecule has 1 aromatic carbocycles. The summed E-state index contributed by atoms with van der Waals surface area (Å²) in [5, 5.41) is 2.52. The molecule has 0 radical (unpaired) electrons. The van der Waals surface area contributed by atoms with Gasteiger partial charge in [-0.1, -0.05) is 12.1 Å². The summed E-state index contributed by atoms with van der Waals surface area (Å²) in [6.45, 7) is 4.15. The normalized spacial score (nSPS) is 14.0. The second kappa shape index (κ2) is 7.52. The Kier molecular flexibility index (Phi) is 4.94. The van der Waals surface area contributed by atoms with Crippen LogP contribution in [0.3, 0.4) is 0 Å². The van der Waals surface area contributed by atoms with Crippen molar-refractivity contribution in [2.24, 2.45) is 0 Å². The van der Waals surface area contributed by atoms with Crippen LogP contribution in [-0.4, -0.2) is 40.1 Å². The Bertz CT molecular complexity index is 1020. The number of nitrogens with zero attached hydrogens (tertiary/aromatic N) is 3. The summed E-state index contributed by atoms with van der Waals surface area (Å²) in [5.74, 6) is 0.779. The smallest absolute Gasteiger partial charge is 0.263 e. The molecule has 7 heteroatoms. The molecule has 0 bridgehead atoms. The van der Waals surface area contributed by atoms with Crippen LogP contribution >= 0.6 is 11.3 Å². The predicted octanol–water partition coefficient (Wildman–Crippen LogP) is 3.15. The van der Waals surface area contributed by atoms with Crippen LogP contribution in [0.25, 0.3) is 21.3 Å². The first-order valence-electron chi connectivity index (χ1n) is 9.15. The van der Waals surface area contributed by atoms with E-state index in [-0.39, 0.29) is 18.0 Å². The van der Waals surface area contributed by atoms with Gasteiger partial charge in [0.2, 0.25) is 5.91 Å². The van der Waals surface area contributed by atoms with Crippen molar-refractivity contribution in [3.63, 3.8) is 0 Å². The Labute approximate surface area is 161 Å². The highest BCUT2D eigenvalue weighted by Gasteiger charge is 2.20. The molecule has 0 atom stereocenters. The van der Waals surface area contributed by atoms with Crippen molar-refractivity contribution in [3.05, 3.63) is 46.3 Å². The Balaban J connectivity index is 1.68. The number of hydrogen-bond donors (Lipinski definition) is 0. The van der Waals surface area contributed by atoms with Crippen LogP contribution in [0.4, 0.5) is 0 Å². The van der Waals surface area contributed by atoms with Crippen molar-refractivity contribution in [1.29, 1.82) is 0 Å². The van der Waals surface area contributed by atoms with E-state index in [1.807, 2.05) is 41.5 Å². The molecule has 0 unspecified atom stereocenters. The van der Waals surface area contributed by atoms with Crippen LogP contribution < -0.4 is 10.3 Å². The molecule has 0 spiro atoms. The molecule has 140 valence electrons. The number of carbonyl (C=O) groups is 1. The van der Waals surface area contributed by atoms with E-state index in [1.165, 1.54) is 22.2 Å². The van der Waals surface area contributed by atoms with Crippen LogP contribution in [0.5, 0.6) is 5.75 Å². The maximum atomic E-state index is 13.0. The molecule has 1 fully saturated rings. The number of benzene rings is 1.